The van der Waals surface area contributed by atoms with Crippen LogP contribution in [0.15, 0.2) is 12.5 Å². The van der Waals surface area contributed by atoms with Crippen molar-refractivity contribution in [3.8, 4) is 0 Å². The molecule has 250 valence electrons. The van der Waals surface area contributed by atoms with Gasteiger partial charge in [0.1, 0.15) is 23.8 Å². The number of aromatic nitrogens is 3. The van der Waals surface area contributed by atoms with Gasteiger partial charge in [-0.25, -0.2) is 9.97 Å². The van der Waals surface area contributed by atoms with Gasteiger partial charge in [-0.1, -0.05) is 73.9 Å². The van der Waals surface area contributed by atoms with E-state index < -0.39 is 37.3 Å². The molecule has 0 radical (unpaired) electrons. The normalized spacial score (nSPS) is 22.6. The number of fused-ring (bicyclic) bond motifs is 1. The molecule has 0 aliphatic carbocycles. The third kappa shape index (κ3) is 7.70. The summed E-state index contributed by atoms with van der Waals surface area (Å²) in [6, 6.07) is 0. The van der Waals surface area contributed by atoms with Gasteiger partial charge in [-0.2, -0.15) is 0 Å². The number of carbonyl (C=O) groups is 1. The first-order chi connectivity index (χ1) is 19.7. The highest BCUT2D eigenvalue weighted by molar-refractivity contribution is 6.75. The first-order valence-corrected chi connectivity index (χ1v) is 24.7. The molecule has 1 N–H and O–H groups in total. The highest BCUT2D eigenvalue weighted by atomic mass is 35.5. The number of anilines is 1. The van der Waals surface area contributed by atoms with Gasteiger partial charge in [0.05, 0.1) is 29.7 Å². The second-order valence-corrected chi connectivity index (χ2v) is 31.5. The maximum Gasteiger partial charge on any atom is 0.222 e. The maximum absolute atomic E-state index is 11.9. The van der Waals surface area contributed by atoms with Gasteiger partial charge >= 0.3 is 0 Å². The van der Waals surface area contributed by atoms with Crippen molar-refractivity contribution in [3.05, 3.63) is 17.5 Å². The van der Waals surface area contributed by atoms with Crippen molar-refractivity contribution in [3.63, 3.8) is 0 Å². The van der Waals surface area contributed by atoms with Crippen LogP contribution in [0.5, 0.6) is 0 Å². The molecule has 9 nitrogen and oxygen atoms in total. The van der Waals surface area contributed by atoms with E-state index in [1.165, 1.54) is 13.1 Å². The lowest BCUT2D eigenvalue weighted by atomic mass is 10.1. The summed E-state index contributed by atoms with van der Waals surface area (Å²) < 4.78 is 30.2. The lowest BCUT2D eigenvalue weighted by Gasteiger charge is -2.44. The van der Waals surface area contributed by atoms with Crippen LogP contribution in [0.25, 0.3) is 11.0 Å². The van der Waals surface area contributed by atoms with Crippen molar-refractivity contribution in [2.45, 2.75) is 148 Å². The van der Waals surface area contributed by atoms with Gasteiger partial charge < -0.3 is 23.3 Å². The number of nitrogens with one attached hydrogen (secondary N) is 1. The molecule has 13 heteroatoms. The van der Waals surface area contributed by atoms with Gasteiger partial charge in [-0.3, -0.25) is 9.36 Å². The van der Waals surface area contributed by atoms with Gasteiger partial charge in [0, 0.05) is 6.92 Å². The van der Waals surface area contributed by atoms with Crippen LogP contribution in [0.3, 0.4) is 0 Å². The summed E-state index contributed by atoms with van der Waals surface area (Å²) in [5, 5.41) is 3.15. The zero-order valence-corrected chi connectivity index (χ0v) is 33.7. The predicted molar refractivity (Wildman–Crippen MR) is 188 cm³/mol. The minimum atomic E-state index is -2.33. The molecule has 3 heterocycles. The Kier molecular flexibility index (Phi) is 10.6. The SMILES string of the molecule is CC(=O)Nc1ncc(Cl)c2c1ncn2[C@@H]1O[C@H](CO[Si](C)(C)C(C)(C)C)[C@@H](O[Si](C)(C)C(C)(C)C)[C@H]1O[Si](C)(C)C(C)(C)C. The Labute approximate surface area is 273 Å². The van der Waals surface area contributed by atoms with Crippen LogP contribution in [-0.4, -0.2) is 70.3 Å². The van der Waals surface area contributed by atoms with Crippen LogP contribution >= 0.6 is 11.6 Å². The lowest BCUT2D eigenvalue weighted by Crippen LogP contribution is -2.54. The molecule has 1 aliphatic rings. The van der Waals surface area contributed by atoms with E-state index in [9.17, 15) is 4.79 Å². The van der Waals surface area contributed by atoms with E-state index in [0.717, 1.165) is 0 Å². The fourth-order valence-electron chi connectivity index (χ4n) is 4.34. The summed E-state index contributed by atoms with van der Waals surface area (Å²) >= 11 is 6.79. The van der Waals surface area contributed by atoms with Crippen molar-refractivity contribution < 1.29 is 22.8 Å². The molecule has 0 unspecified atom stereocenters. The molecule has 0 saturated carbocycles. The number of hydrogen-bond acceptors (Lipinski definition) is 7. The van der Waals surface area contributed by atoms with Crippen molar-refractivity contribution in [2.24, 2.45) is 0 Å². The number of nitrogens with zero attached hydrogens (tertiary/aromatic N) is 3. The van der Waals surface area contributed by atoms with Crippen LogP contribution in [-0.2, 0) is 22.8 Å². The standard InChI is InChI=1S/C31H57ClN4O5Si3/c1-20(37)35-27-23-24(21(32)17-33-27)36(19-34-23)28-26(41-44(15,16)31(8,9)10)25(40-43(13,14)30(5,6)7)22(39-28)18-38-42(11,12)29(2,3)4/h17,19,22,25-26,28H,18H2,1-16H3,(H,33,35,37)/t22-,25-,26-,28-/m1/s1. The zero-order valence-electron chi connectivity index (χ0n) is 29.9. The number of ether oxygens (including phenoxy) is 1. The Morgan fingerprint density at radius 2 is 1.39 bits per heavy atom. The van der Waals surface area contributed by atoms with Gasteiger partial charge in [0.15, 0.2) is 37.0 Å². The molecular weight excluding hydrogens is 628 g/mol. The van der Waals surface area contributed by atoms with Crippen LogP contribution in [0.4, 0.5) is 5.82 Å². The average molecular weight is 686 g/mol. The van der Waals surface area contributed by atoms with E-state index in [1.807, 2.05) is 4.57 Å². The molecule has 0 bridgehead atoms. The molecule has 0 aromatic carbocycles. The smallest absolute Gasteiger partial charge is 0.222 e. The highest BCUT2D eigenvalue weighted by Gasteiger charge is 2.55. The first kappa shape index (κ1) is 37.3. The monoisotopic (exact) mass is 684 g/mol. The molecule has 3 rings (SSSR count). The predicted octanol–water partition coefficient (Wildman–Crippen LogP) is 8.74. The van der Waals surface area contributed by atoms with Crippen molar-refractivity contribution >= 4 is 59.3 Å². The van der Waals surface area contributed by atoms with E-state index >= 15 is 0 Å². The summed E-state index contributed by atoms with van der Waals surface area (Å²) in [4.78, 5) is 20.9. The Morgan fingerprint density at radius 1 is 0.886 bits per heavy atom. The van der Waals surface area contributed by atoms with E-state index in [0.29, 0.717) is 28.5 Å². The number of pyridine rings is 1. The molecule has 0 spiro atoms. The second kappa shape index (κ2) is 12.5. The highest BCUT2D eigenvalue weighted by Crippen LogP contribution is 2.47. The van der Waals surface area contributed by atoms with Crippen LogP contribution in [0, 0.1) is 0 Å². The van der Waals surface area contributed by atoms with Crippen LogP contribution in [0.2, 0.25) is 59.4 Å². The Bertz CT molecular complexity index is 1340. The Morgan fingerprint density at radius 3 is 1.86 bits per heavy atom. The molecule has 44 heavy (non-hydrogen) atoms. The summed E-state index contributed by atoms with van der Waals surface area (Å²) in [6.45, 7) is 35.6. The number of carbonyl (C=O) groups excluding carboxylic acids is 1. The quantitative estimate of drug-likeness (QED) is 0.264. The van der Waals surface area contributed by atoms with E-state index in [1.54, 1.807) is 6.33 Å². The van der Waals surface area contributed by atoms with Crippen molar-refractivity contribution in [1.29, 1.82) is 0 Å². The minimum absolute atomic E-state index is 0.0264. The van der Waals surface area contributed by atoms with Gasteiger partial charge in [0.2, 0.25) is 5.91 Å². The van der Waals surface area contributed by atoms with E-state index in [2.05, 4.69) is 117 Å². The third-order valence-corrected chi connectivity index (χ3v) is 24.0. The molecular formula is C31H57ClN4O5Si3. The Hall–Kier alpha value is -1.13. The summed E-state index contributed by atoms with van der Waals surface area (Å²) in [6.07, 6.45) is 1.43. The first-order valence-electron chi connectivity index (χ1n) is 15.6. The average Bonchev–Trinajstić information content (AvgIpc) is 3.40. The summed E-state index contributed by atoms with van der Waals surface area (Å²) in [5.41, 5.74) is 1.11. The molecule has 1 aliphatic heterocycles. The Balaban J connectivity index is 2.22. The van der Waals surface area contributed by atoms with Gasteiger partial charge in [-0.05, 0) is 54.4 Å². The molecule has 1 amide bonds. The summed E-state index contributed by atoms with van der Waals surface area (Å²) in [7, 11) is -6.73. The molecule has 2 aromatic rings. The lowest BCUT2D eigenvalue weighted by molar-refractivity contribution is -0.114. The largest absolute Gasteiger partial charge is 0.414 e. The van der Waals surface area contributed by atoms with E-state index in [4.69, 9.17) is 29.6 Å². The van der Waals surface area contributed by atoms with E-state index in [-0.39, 0.29) is 33.2 Å². The topological polar surface area (TPSA) is 96.7 Å². The number of halogens is 1. The fourth-order valence-corrected chi connectivity index (χ4v) is 8.19. The third-order valence-electron chi connectivity index (χ3n) is 10.3. The number of hydrogen-bond donors (Lipinski definition) is 1. The molecule has 4 atom stereocenters. The zero-order chi connectivity index (χ0) is 33.8. The maximum atomic E-state index is 11.9. The summed E-state index contributed by atoms with van der Waals surface area (Å²) in [5.74, 6) is 0.111. The number of imidazole rings is 1. The second-order valence-electron chi connectivity index (χ2n) is 16.8. The molecule has 1 fully saturated rings. The molecule has 1 saturated heterocycles. The molecule has 2 aromatic heterocycles. The number of amides is 1. The fraction of sp³-hybridized carbons (Fsp3) is 0.774. The van der Waals surface area contributed by atoms with Crippen molar-refractivity contribution in [2.75, 3.05) is 11.9 Å². The van der Waals surface area contributed by atoms with Gasteiger partial charge in [-0.15, -0.1) is 0 Å². The number of rotatable bonds is 9. The minimum Gasteiger partial charge on any atom is -0.414 e. The van der Waals surface area contributed by atoms with Gasteiger partial charge in [0.25, 0.3) is 0 Å². The van der Waals surface area contributed by atoms with Crippen LogP contribution < -0.4 is 5.32 Å². The van der Waals surface area contributed by atoms with Crippen molar-refractivity contribution in [1.82, 2.24) is 14.5 Å². The van der Waals surface area contributed by atoms with Crippen LogP contribution in [0.1, 0.15) is 75.5 Å².